The molecule has 0 saturated carbocycles. The Kier molecular flexibility index (Phi) is 5.52. The fraction of sp³-hybridized carbons (Fsp3) is 0.250. The highest BCUT2D eigenvalue weighted by Crippen LogP contribution is 2.25. The largest absolute Gasteiger partial charge is 0.467 e. The zero-order valence-electron chi connectivity index (χ0n) is 14.9. The molecule has 1 amide bonds. The van der Waals surface area contributed by atoms with Crippen LogP contribution in [0.2, 0.25) is 0 Å². The monoisotopic (exact) mass is 413 g/mol. The molecule has 5 nitrogen and oxygen atoms in total. The van der Waals surface area contributed by atoms with E-state index in [1.54, 1.807) is 0 Å². The van der Waals surface area contributed by atoms with Crippen molar-refractivity contribution in [2.45, 2.75) is 26.8 Å². The van der Waals surface area contributed by atoms with Gasteiger partial charge in [-0.3, -0.25) is 4.79 Å². The van der Waals surface area contributed by atoms with Crippen molar-refractivity contribution in [2.75, 3.05) is 6.61 Å². The first-order chi connectivity index (χ1) is 12.4. The van der Waals surface area contributed by atoms with Crippen LogP contribution in [0.25, 0.3) is 10.9 Å². The van der Waals surface area contributed by atoms with Gasteiger partial charge in [0.05, 0.1) is 16.9 Å². The van der Waals surface area contributed by atoms with Crippen molar-refractivity contribution in [3.05, 3.63) is 63.9 Å². The molecule has 0 saturated heterocycles. The average molecular weight is 414 g/mol. The zero-order chi connectivity index (χ0) is 18.7. The van der Waals surface area contributed by atoms with Gasteiger partial charge in [-0.2, -0.15) is 0 Å². The average Bonchev–Trinajstić information content (AvgIpc) is 2.62. The number of aromatic nitrogens is 2. The van der Waals surface area contributed by atoms with E-state index in [0.717, 1.165) is 20.9 Å². The van der Waals surface area contributed by atoms with Gasteiger partial charge in [0, 0.05) is 4.47 Å². The molecule has 3 rings (SSSR count). The van der Waals surface area contributed by atoms with Gasteiger partial charge < -0.3 is 10.1 Å². The number of carbonyl (C=O) groups excluding carboxylic acids is 1. The summed E-state index contributed by atoms with van der Waals surface area (Å²) in [5.74, 6) is 0.197. The summed E-state index contributed by atoms with van der Waals surface area (Å²) < 4.78 is 6.53. The number of nitrogens with one attached hydrogen (secondary N) is 1. The minimum atomic E-state index is -0.197. The Morgan fingerprint density at radius 2 is 1.96 bits per heavy atom. The third-order valence-corrected chi connectivity index (χ3v) is 4.80. The summed E-state index contributed by atoms with van der Waals surface area (Å²) in [5.41, 5.74) is 4.27. The third kappa shape index (κ3) is 4.19. The number of ether oxygens (including phenoxy) is 1. The first kappa shape index (κ1) is 18.3. The standard InChI is InChI=1S/C20H20BrN3O2/c1-12-4-5-15(8-13(12)2)14(3)24-19(25)10-26-20-17-9-16(21)6-7-18(17)22-11-23-20/h4-9,11,14H,10H2,1-3H3,(H,24,25). The van der Waals surface area contributed by atoms with Crippen LogP contribution in [0.5, 0.6) is 5.88 Å². The molecule has 26 heavy (non-hydrogen) atoms. The van der Waals surface area contributed by atoms with Crippen LogP contribution in [0.4, 0.5) is 0 Å². The van der Waals surface area contributed by atoms with E-state index in [1.807, 2.05) is 31.2 Å². The van der Waals surface area contributed by atoms with E-state index in [9.17, 15) is 4.79 Å². The van der Waals surface area contributed by atoms with E-state index in [2.05, 4.69) is 57.2 Å². The SMILES string of the molecule is Cc1ccc(C(C)NC(=O)COc2ncnc3ccc(Br)cc23)cc1C. The van der Waals surface area contributed by atoms with Gasteiger partial charge in [0.15, 0.2) is 6.61 Å². The van der Waals surface area contributed by atoms with E-state index in [4.69, 9.17) is 4.74 Å². The summed E-state index contributed by atoms with van der Waals surface area (Å²) in [6.45, 7) is 5.99. The lowest BCUT2D eigenvalue weighted by Crippen LogP contribution is -2.31. The van der Waals surface area contributed by atoms with Gasteiger partial charge in [-0.05, 0) is 55.7 Å². The number of fused-ring (bicyclic) bond motifs is 1. The lowest BCUT2D eigenvalue weighted by molar-refractivity contribution is -0.123. The lowest BCUT2D eigenvalue weighted by Gasteiger charge is -2.16. The summed E-state index contributed by atoms with van der Waals surface area (Å²) in [6.07, 6.45) is 1.43. The normalized spacial score (nSPS) is 12.0. The maximum absolute atomic E-state index is 12.3. The summed E-state index contributed by atoms with van der Waals surface area (Å²) in [7, 11) is 0. The van der Waals surface area contributed by atoms with Crippen molar-refractivity contribution in [3.63, 3.8) is 0 Å². The molecular weight excluding hydrogens is 394 g/mol. The Labute approximate surface area is 160 Å². The van der Waals surface area contributed by atoms with E-state index in [1.165, 1.54) is 17.5 Å². The molecule has 0 aliphatic rings. The van der Waals surface area contributed by atoms with E-state index >= 15 is 0 Å². The second-order valence-electron chi connectivity index (χ2n) is 6.26. The molecule has 2 aromatic carbocycles. The zero-order valence-corrected chi connectivity index (χ0v) is 16.5. The molecule has 0 spiro atoms. The Hall–Kier alpha value is -2.47. The molecule has 1 atom stereocenters. The minimum Gasteiger partial charge on any atom is -0.467 e. The summed E-state index contributed by atoms with van der Waals surface area (Å²) >= 11 is 3.43. The van der Waals surface area contributed by atoms with Crippen LogP contribution in [-0.4, -0.2) is 22.5 Å². The molecule has 0 radical (unpaired) electrons. The Balaban J connectivity index is 1.65. The molecule has 1 aromatic heterocycles. The van der Waals surface area contributed by atoms with Crippen LogP contribution < -0.4 is 10.1 Å². The summed E-state index contributed by atoms with van der Waals surface area (Å²) in [5, 5.41) is 3.72. The molecule has 0 fully saturated rings. The predicted octanol–water partition coefficient (Wildman–Crippen LogP) is 4.27. The summed E-state index contributed by atoms with van der Waals surface area (Å²) in [4.78, 5) is 20.6. The molecule has 6 heteroatoms. The molecule has 1 N–H and O–H groups in total. The maximum atomic E-state index is 12.3. The van der Waals surface area contributed by atoms with Crippen molar-refractivity contribution >= 4 is 32.7 Å². The highest BCUT2D eigenvalue weighted by molar-refractivity contribution is 9.10. The van der Waals surface area contributed by atoms with Gasteiger partial charge in [0.2, 0.25) is 5.88 Å². The number of halogens is 1. The number of hydrogen-bond acceptors (Lipinski definition) is 4. The number of nitrogens with zero attached hydrogens (tertiary/aromatic N) is 2. The number of aryl methyl sites for hydroxylation is 2. The molecule has 0 aliphatic heterocycles. The van der Waals surface area contributed by atoms with Gasteiger partial charge >= 0.3 is 0 Å². The Morgan fingerprint density at radius 3 is 2.73 bits per heavy atom. The van der Waals surface area contributed by atoms with Crippen LogP contribution in [0.3, 0.4) is 0 Å². The highest BCUT2D eigenvalue weighted by atomic mass is 79.9. The van der Waals surface area contributed by atoms with E-state index in [0.29, 0.717) is 5.88 Å². The topological polar surface area (TPSA) is 64.1 Å². The summed E-state index contributed by atoms with van der Waals surface area (Å²) in [6, 6.07) is 11.7. The number of hydrogen-bond donors (Lipinski definition) is 1. The molecule has 3 aromatic rings. The van der Waals surface area contributed by atoms with Crippen LogP contribution in [-0.2, 0) is 4.79 Å². The second kappa shape index (κ2) is 7.83. The number of amides is 1. The molecule has 1 unspecified atom stereocenters. The van der Waals surface area contributed by atoms with Crippen LogP contribution in [0.15, 0.2) is 47.2 Å². The second-order valence-corrected chi connectivity index (χ2v) is 7.18. The molecular formula is C20H20BrN3O2. The predicted molar refractivity (Wildman–Crippen MR) is 105 cm³/mol. The van der Waals surface area contributed by atoms with Gasteiger partial charge in [-0.25, -0.2) is 9.97 Å². The minimum absolute atomic E-state index is 0.0957. The maximum Gasteiger partial charge on any atom is 0.258 e. The van der Waals surface area contributed by atoms with E-state index < -0.39 is 0 Å². The molecule has 134 valence electrons. The number of benzene rings is 2. The molecule has 0 bridgehead atoms. The van der Waals surface area contributed by atoms with Gasteiger partial charge in [0.1, 0.15) is 6.33 Å². The van der Waals surface area contributed by atoms with Crippen LogP contribution >= 0.6 is 15.9 Å². The first-order valence-electron chi connectivity index (χ1n) is 8.33. The number of rotatable bonds is 5. The first-order valence-corrected chi connectivity index (χ1v) is 9.13. The number of carbonyl (C=O) groups is 1. The quantitative estimate of drug-likeness (QED) is 0.678. The smallest absolute Gasteiger partial charge is 0.258 e. The van der Waals surface area contributed by atoms with Gasteiger partial charge in [-0.1, -0.05) is 34.1 Å². The Bertz CT molecular complexity index is 959. The van der Waals surface area contributed by atoms with E-state index in [-0.39, 0.29) is 18.6 Å². The molecule has 0 aliphatic carbocycles. The highest BCUT2D eigenvalue weighted by Gasteiger charge is 2.12. The third-order valence-electron chi connectivity index (χ3n) is 4.31. The fourth-order valence-corrected chi connectivity index (χ4v) is 3.02. The fourth-order valence-electron chi connectivity index (χ4n) is 2.65. The van der Waals surface area contributed by atoms with Crippen molar-refractivity contribution in [2.24, 2.45) is 0 Å². The van der Waals surface area contributed by atoms with Crippen molar-refractivity contribution in [1.29, 1.82) is 0 Å². The van der Waals surface area contributed by atoms with Crippen molar-refractivity contribution in [1.82, 2.24) is 15.3 Å². The Morgan fingerprint density at radius 1 is 1.15 bits per heavy atom. The van der Waals surface area contributed by atoms with Gasteiger partial charge in [-0.15, -0.1) is 0 Å². The van der Waals surface area contributed by atoms with Crippen molar-refractivity contribution < 1.29 is 9.53 Å². The molecule has 1 heterocycles. The van der Waals surface area contributed by atoms with Crippen LogP contribution in [0.1, 0.15) is 29.7 Å². The van der Waals surface area contributed by atoms with Crippen molar-refractivity contribution in [3.8, 4) is 5.88 Å². The van der Waals surface area contributed by atoms with Gasteiger partial charge in [0.25, 0.3) is 5.91 Å². The lowest BCUT2D eigenvalue weighted by atomic mass is 10.0. The van der Waals surface area contributed by atoms with Crippen LogP contribution in [0, 0.1) is 13.8 Å².